The van der Waals surface area contributed by atoms with Crippen LogP contribution in [-0.4, -0.2) is 28.5 Å². The molecule has 4 nitrogen and oxygen atoms in total. The number of Topliss-reactive ketones (excluding diaryl/α,β-unsaturated/α-hetero) is 1. The van der Waals surface area contributed by atoms with Gasteiger partial charge in [-0.15, -0.1) is 0 Å². The third kappa shape index (κ3) is 7.68. The van der Waals surface area contributed by atoms with E-state index in [1.165, 1.54) is 32.4 Å². The number of carbonyl (C=O) groups excluding carboxylic acids is 1. The summed E-state index contributed by atoms with van der Waals surface area (Å²) in [5.41, 5.74) is 0.422. The molecule has 146 valence electrons. The molecule has 0 amide bonds. The predicted molar refractivity (Wildman–Crippen MR) is 100 cm³/mol. The first-order chi connectivity index (χ1) is 12.5. The van der Waals surface area contributed by atoms with Crippen molar-refractivity contribution in [2.75, 3.05) is 7.05 Å². The van der Waals surface area contributed by atoms with E-state index in [0.29, 0.717) is 17.8 Å². The molecule has 2 rings (SSSR count). The average Bonchev–Trinajstić information content (AvgIpc) is 2.59. The Morgan fingerprint density at radius 3 is 2.15 bits per heavy atom. The summed E-state index contributed by atoms with van der Waals surface area (Å²) in [5.74, 6) is -0.0302. The van der Waals surface area contributed by atoms with Gasteiger partial charge in [-0.05, 0) is 24.0 Å². The first-order valence-corrected chi connectivity index (χ1v) is 8.35. The number of ketones is 1. The highest BCUT2D eigenvalue weighted by Gasteiger charge is 2.34. The van der Waals surface area contributed by atoms with Crippen LogP contribution in [0, 0.1) is 5.41 Å². The maximum absolute atomic E-state index is 12.9. The zero-order valence-corrected chi connectivity index (χ0v) is 16.1. The number of alkyl halides is 3. The molecule has 0 atom stereocenters. The second-order valence-corrected chi connectivity index (χ2v) is 7.10. The molecule has 1 aromatic heterocycles. The lowest BCUT2D eigenvalue weighted by atomic mass is 9.86. The first-order valence-electron chi connectivity index (χ1n) is 8.35. The molecular weight excluding hydrogens is 355 g/mol. The molecule has 0 N–H and O–H groups in total. The summed E-state index contributed by atoms with van der Waals surface area (Å²) in [6.07, 6.45) is -0.929. The van der Waals surface area contributed by atoms with Crippen LogP contribution in [0.15, 0.2) is 47.8 Å². The van der Waals surface area contributed by atoms with Crippen LogP contribution in [0.4, 0.5) is 13.2 Å². The predicted octanol–water partition coefficient (Wildman–Crippen LogP) is 5.24. The van der Waals surface area contributed by atoms with E-state index in [9.17, 15) is 18.0 Å². The zero-order chi connectivity index (χ0) is 20.7. The number of benzene rings is 1. The van der Waals surface area contributed by atoms with E-state index < -0.39 is 11.7 Å². The Morgan fingerprint density at radius 1 is 1.11 bits per heavy atom. The number of rotatable bonds is 3. The normalized spacial score (nSPS) is 12.2. The molecule has 0 aliphatic heterocycles. The highest BCUT2D eigenvalue weighted by atomic mass is 19.4. The summed E-state index contributed by atoms with van der Waals surface area (Å²) in [6.45, 7) is 7.42. The van der Waals surface area contributed by atoms with Gasteiger partial charge < -0.3 is 0 Å². The Balaban J connectivity index is 0.000000337. The van der Waals surface area contributed by atoms with Crippen molar-refractivity contribution < 1.29 is 18.0 Å². The summed E-state index contributed by atoms with van der Waals surface area (Å²) in [5, 5.41) is 0. The van der Waals surface area contributed by atoms with Crippen molar-refractivity contribution >= 4 is 11.5 Å². The van der Waals surface area contributed by atoms with Crippen LogP contribution in [0.25, 0.3) is 0 Å². The van der Waals surface area contributed by atoms with Gasteiger partial charge >= 0.3 is 6.18 Å². The van der Waals surface area contributed by atoms with E-state index in [2.05, 4.69) is 15.0 Å². The van der Waals surface area contributed by atoms with Gasteiger partial charge in [-0.2, -0.15) is 13.2 Å². The van der Waals surface area contributed by atoms with E-state index >= 15 is 0 Å². The molecule has 0 unspecified atom stereocenters. The Bertz CT molecular complexity index is 779. The van der Waals surface area contributed by atoms with Gasteiger partial charge in [-0.1, -0.05) is 39.0 Å². The highest BCUT2D eigenvalue weighted by molar-refractivity contribution is 6.02. The van der Waals surface area contributed by atoms with Crippen molar-refractivity contribution in [2.45, 2.75) is 40.3 Å². The minimum atomic E-state index is -4.34. The Morgan fingerprint density at radius 2 is 1.74 bits per heavy atom. The van der Waals surface area contributed by atoms with Crippen LogP contribution < -0.4 is 0 Å². The minimum Gasteiger partial charge on any atom is -0.293 e. The third-order valence-electron chi connectivity index (χ3n) is 3.45. The molecular formula is C20H24F3N3O. The van der Waals surface area contributed by atoms with Crippen molar-refractivity contribution in [1.29, 1.82) is 0 Å². The molecule has 1 heterocycles. The lowest BCUT2D eigenvalue weighted by Crippen LogP contribution is -2.18. The molecule has 2 aromatic rings. The second-order valence-electron chi connectivity index (χ2n) is 7.10. The fraction of sp³-hybridized carbons (Fsp3) is 0.400. The van der Waals surface area contributed by atoms with Crippen LogP contribution in [0.5, 0.6) is 0 Å². The second kappa shape index (κ2) is 9.39. The summed E-state index contributed by atoms with van der Waals surface area (Å²) < 4.78 is 38.8. The van der Waals surface area contributed by atoms with Gasteiger partial charge in [0.05, 0.1) is 5.56 Å². The van der Waals surface area contributed by atoms with Gasteiger partial charge in [0, 0.05) is 31.4 Å². The summed E-state index contributed by atoms with van der Waals surface area (Å²) in [7, 11) is 1.54. The Kier molecular flexibility index (Phi) is 7.82. The summed E-state index contributed by atoms with van der Waals surface area (Å²) in [4.78, 5) is 22.0. The number of hydrogen-bond donors (Lipinski definition) is 0. The fourth-order valence-corrected chi connectivity index (χ4v) is 2.28. The summed E-state index contributed by atoms with van der Waals surface area (Å²) >= 11 is 0. The van der Waals surface area contributed by atoms with Gasteiger partial charge in [0.2, 0.25) is 0 Å². The van der Waals surface area contributed by atoms with E-state index in [0.717, 1.165) is 6.07 Å². The van der Waals surface area contributed by atoms with Gasteiger partial charge in [0.1, 0.15) is 12.0 Å². The largest absolute Gasteiger partial charge is 0.417 e. The van der Waals surface area contributed by atoms with Crippen molar-refractivity contribution in [3.63, 3.8) is 0 Å². The van der Waals surface area contributed by atoms with Gasteiger partial charge in [0.25, 0.3) is 0 Å². The van der Waals surface area contributed by atoms with Crippen LogP contribution >= 0.6 is 0 Å². The quantitative estimate of drug-likeness (QED) is 0.541. The molecule has 0 bridgehead atoms. The van der Waals surface area contributed by atoms with E-state index in [-0.39, 0.29) is 16.8 Å². The number of hydrogen-bond acceptors (Lipinski definition) is 4. The number of nitrogens with zero attached hydrogens (tertiary/aromatic N) is 3. The molecule has 7 heteroatoms. The van der Waals surface area contributed by atoms with Crippen LogP contribution in [0.3, 0.4) is 0 Å². The smallest absolute Gasteiger partial charge is 0.293 e. The van der Waals surface area contributed by atoms with Gasteiger partial charge in [-0.25, -0.2) is 9.97 Å². The molecule has 1 aromatic carbocycles. The Hall–Kier alpha value is -2.57. The summed E-state index contributed by atoms with van der Waals surface area (Å²) in [6, 6.07) is 7.18. The monoisotopic (exact) mass is 379 g/mol. The lowest BCUT2D eigenvalue weighted by Gasteiger charge is -2.21. The molecule has 0 aliphatic carbocycles. The van der Waals surface area contributed by atoms with Crippen molar-refractivity contribution in [1.82, 2.24) is 9.97 Å². The third-order valence-corrected chi connectivity index (χ3v) is 3.45. The van der Waals surface area contributed by atoms with E-state index in [1.54, 1.807) is 18.3 Å². The van der Waals surface area contributed by atoms with Crippen LogP contribution in [0.1, 0.15) is 55.7 Å². The number of aliphatic imine (C=N–C) groups is 1. The van der Waals surface area contributed by atoms with E-state index in [4.69, 9.17) is 0 Å². The molecule has 0 saturated carbocycles. The molecule has 0 radical (unpaired) electrons. The zero-order valence-electron chi connectivity index (χ0n) is 16.1. The standard InChI is InChI=1S/C14H18F3N.C6H6N2O/c1-13(2,3)9-12(18-4)10-7-5-6-8-11(10)14(15,16)17;1-5(9)6-2-3-7-4-8-6/h5-8H,9H2,1-4H3;2-4H,1H3. The van der Waals surface area contributed by atoms with Crippen molar-refractivity contribution in [2.24, 2.45) is 10.4 Å². The Labute approximate surface area is 157 Å². The number of carbonyl (C=O) groups is 1. The molecule has 0 fully saturated rings. The van der Waals surface area contributed by atoms with Crippen LogP contribution in [-0.2, 0) is 6.18 Å². The maximum atomic E-state index is 12.9. The topological polar surface area (TPSA) is 55.2 Å². The molecule has 0 spiro atoms. The van der Waals surface area contributed by atoms with Gasteiger partial charge in [-0.3, -0.25) is 9.79 Å². The van der Waals surface area contributed by atoms with Crippen LogP contribution in [0.2, 0.25) is 0 Å². The lowest BCUT2D eigenvalue weighted by molar-refractivity contribution is -0.137. The van der Waals surface area contributed by atoms with Crippen molar-refractivity contribution in [3.05, 3.63) is 59.7 Å². The average molecular weight is 379 g/mol. The maximum Gasteiger partial charge on any atom is 0.417 e. The minimum absolute atomic E-state index is 0.0302. The SMILES string of the molecule is CC(=O)c1ccncn1.CN=C(CC(C)(C)C)c1ccccc1C(F)(F)F. The molecule has 27 heavy (non-hydrogen) atoms. The number of halogens is 3. The fourth-order valence-electron chi connectivity index (χ4n) is 2.28. The first kappa shape index (κ1) is 22.5. The highest BCUT2D eigenvalue weighted by Crippen LogP contribution is 2.34. The number of aromatic nitrogens is 2. The molecule has 0 aliphatic rings. The van der Waals surface area contributed by atoms with Gasteiger partial charge in [0.15, 0.2) is 5.78 Å². The van der Waals surface area contributed by atoms with E-state index in [1.807, 2.05) is 20.8 Å². The van der Waals surface area contributed by atoms with Crippen molar-refractivity contribution in [3.8, 4) is 0 Å². The molecule has 0 saturated heterocycles.